The first-order chi connectivity index (χ1) is 8.28. The summed E-state index contributed by atoms with van der Waals surface area (Å²) in [6, 6.07) is 4.62. The molecule has 17 heavy (non-hydrogen) atoms. The van der Waals surface area contributed by atoms with E-state index in [1.807, 2.05) is 11.3 Å². The third-order valence-electron chi connectivity index (χ3n) is 3.21. The van der Waals surface area contributed by atoms with Crippen molar-refractivity contribution in [3.63, 3.8) is 0 Å². The molecule has 1 atom stereocenters. The van der Waals surface area contributed by atoms with Crippen LogP contribution in [-0.2, 0) is 12.8 Å². The van der Waals surface area contributed by atoms with Crippen LogP contribution < -0.4 is 5.73 Å². The summed E-state index contributed by atoms with van der Waals surface area (Å²) in [4.78, 5) is 8.81. The molecule has 0 amide bonds. The minimum Gasteiger partial charge on any atom is -0.323 e. The van der Waals surface area contributed by atoms with Gasteiger partial charge in [-0.2, -0.15) is 0 Å². The van der Waals surface area contributed by atoms with Gasteiger partial charge in [0.1, 0.15) is 5.01 Å². The first-order valence-corrected chi connectivity index (χ1v) is 7.75. The van der Waals surface area contributed by atoms with Crippen LogP contribution in [0.1, 0.15) is 41.3 Å². The predicted octanol–water partition coefficient (Wildman–Crippen LogP) is 3.77. The lowest BCUT2D eigenvalue weighted by Crippen LogP contribution is -2.15. The lowest BCUT2D eigenvalue weighted by atomic mass is 9.99. The molecular weight excluding hydrogens is 248 g/mol. The molecule has 90 valence electrons. The molecule has 2 nitrogen and oxygen atoms in total. The Morgan fingerprint density at radius 1 is 1.41 bits per heavy atom. The van der Waals surface area contributed by atoms with Gasteiger partial charge < -0.3 is 5.73 Å². The van der Waals surface area contributed by atoms with Crippen molar-refractivity contribution in [2.45, 2.75) is 38.6 Å². The van der Waals surface area contributed by atoms with E-state index < -0.39 is 0 Å². The average molecular weight is 264 g/mol. The maximum atomic E-state index is 6.14. The summed E-state index contributed by atoms with van der Waals surface area (Å²) < 4.78 is 0. The molecule has 0 aliphatic heterocycles. The summed E-state index contributed by atoms with van der Waals surface area (Å²) in [5, 5.41) is 1.16. The summed E-state index contributed by atoms with van der Waals surface area (Å²) in [6.45, 7) is 2.19. The monoisotopic (exact) mass is 264 g/mol. The molecule has 0 saturated carbocycles. The SMILES string of the molecule is CCc1ccc(-c2nc3c(s2)C(N)CCC3)s1. The van der Waals surface area contributed by atoms with Crippen molar-refractivity contribution in [3.05, 3.63) is 27.6 Å². The highest BCUT2D eigenvalue weighted by molar-refractivity contribution is 7.21. The highest BCUT2D eigenvalue weighted by Crippen LogP contribution is 2.38. The van der Waals surface area contributed by atoms with E-state index in [9.17, 15) is 0 Å². The van der Waals surface area contributed by atoms with Crippen molar-refractivity contribution in [1.29, 1.82) is 0 Å². The third kappa shape index (κ3) is 2.05. The van der Waals surface area contributed by atoms with E-state index in [4.69, 9.17) is 10.7 Å². The quantitative estimate of drug-likeness (QED) is 0.896. The second-order valence-electron chi connectivity index (χ2n) is 4.45. The molecule has 0 fully saturated rings. The molecule has 1 unspecified atom stereocenters. The Bertz CT molecular complexity index is 527. The third-order valence-corrected chi connectivity index (χ3v) is 5.84. The number of hydrogen-bond donors (Lipinski definition) is 1. The number of thiazole rings is 1. The number of hydrogen-bond acceptors (Lipinski definition) is 4. The van der Waals surface area contributed by atoms with Gasteiger partial charge in [0.2, 0.25) is 0 Å². The van der Waals surface area contributed by atoms with Crippen molar-refractivity contribution in [2.75, 3.05) is 0 Å². The predicted molar refractivity (Wildman–Crippen MR) is 74.7 cm³/mol. The van der Waals surface area contributed by atoms with E-state index in [-0.39, 0.29) is 6.04 Å². The zero-order valence-electron chi connectivity index (χ0n) is 9.90. The summed E-state index contributed by atoms with van der Waals surface area (Å²) in [6.07, 6.45) is 4.50. The fraction of sp³-hybridized carbons (Fsp3) is 0.462. The summed E-state index contributed by atoms with van der Waals surface area (Å²) in [5.41, 5.74) is 7.39. The molecule has 1 aliphatic carbocycles. The first-order valence-electron chi connectivity index (χ1n) is 6.12. The van der Waals surface area contributed by atoms with Gasteiger partial charge >= 0.3 is 0 Å². The lowest BCUT2D eigenvalue weighted by molar-refractivity contribution is 0.573. The first kappa shape index (κ1) is 11.4. The minimum atomic E-state index is 0.218. The maximum absolute atomic E-state index is 6.14. The van der Waals surface area contributed by atoms with Gasteiger partial charge in [0.05, 0.1) is 10.6 Å². The van der Waals surface area contributed by atoms with E-state index in [0.29, 0.717) is 0 Å². The molecule has 0 spiro atoms. The van der Waals surface area contributed by atoms with E-state index in [1.54, 1.807) is 11.3 Å². The molecule has 2 N–H and O–H groups in total. The van der Waals surface area contributed by atoms with E-state index in [0.717, 1.165) is 24.3 Å². The Balaban J connectivity index is 1.98. The van der Waals surface area contributed by atoms with E-state index >= 15 is 0 Å². The Labute approximate surface area is 110 Å². The van der Waals surface area contributed by atoms with Crippen LogP contribution >= 0.6 is 22.7 Å². The van der Waals surface area contributed by atoms with Gasteiger partial charge in [-0.25, -0.2) is 4.98 Å². The van der Waals surface area contributed by atoms with Crippen LogP contribution in [-0.4, -0.2) is 4.98 Å². The normalized spacial score (nSPS) is 19.3. The van der Waals surface area contributed by atoms with Gasteiger partial charge in [-0.05, 0) is 37.8 Å². The van der Waals surface area contributed by atoms with Crippen molar-refractivity contribution in [2.24, 2.45) is 5.73 Å². The second-order valence-corrected chi connectivity index (χ2v) is 6.65. The molecule has 4 heteroatoms. The molecule has 0 aromatic carbocycles. The van der Waals surface area contributed by atoms with Gasteiger partial charge in [0, 0.05) is 15.8 Å². The van der Waals surface area contributed by atoms with Gasteiger partial charge in [-0.1, -0.05) is 6.92 Å². The van der Waals surface area contributed by atoms with Crippen molar-refractivity contribution in [1.82, 2.24) is 4.98 Å². The number of fused-ring (bicyclic) bond motifs is 1. The zero-order chi connectivity index (χ0) is 11.8. The van der Waals surface area contributed by atoms with Crippen molar-refractivity contribution < 1.29 is 0 Å². The maximum Gasteiger partial charge on any atom is 0.133 e. The topological polar surface area (TPSA) is 38.9 Å². The zero-order valence-corrected chi connectivity index (χ0v) is 11.5. The van der Waals surface area contributed by atoms with Gasteiger partial charge in [0.25, 0.3) is 0 Å². The standard InChI is InChI=1S/C13H16N2S2/c1-2-8-6-7-11(16-8)13-15-10-5-3-4-9(14)12(10)17-13/h6-7,9H,2-5,14H2,1H3. The smallest absolute Gasteiger partial charge is 0.133 e. The molecule has 2 heterocycles. The number of nitrogens with zero attached hydrogens (tertiary/aromatic N) is 1. The van der Waals surface area contributed by atoms with Gasteiger partial charge in [-0.15, -0.1) is 22.7 Å². The van der Waals surface area contributed by atoms with Crippen LogP contribution in [0, 0.1) is 0 Å². The highest BCUT2D eigenvalue weighted by Gasteiger charge is 2.22. The van der Waals surface area contributed by atoms with E-state index in [2.05, 4.69) is 19.1 Å². The van der Waals surface area contributed by atoms with E-state index in [1.165, 1.54) is 26.7 Å². The molecule has 0 saturated heterocycles. The molecule has 1 aliphatic rings. The Morgan fingerprint density at radius 2 is 2.29 bits per heavy atom. The van der Waals surface area contributed by atoms with Crippen LogP contribution in [0.25, 0.3) is 9.88 Å². The molecule has 2 aromatic heterocycles. The van der Waals surface area contributed by atoms with Crippen molar-refractivity contribution in [3.8, 4) is 9.88 Å². The largest absolute Gasteiger partial charge is 0.323 e. The fourth-order valence-electron chi connectivity index (χ4n) is 2.24. The Morgan fingerprint density at radius 3 is 3.00 bits per heavy atom. The summed E-state index contributed by atoms with van der Waals surface area (Å²) in [5.74, 6) is 0. The average Bonchev–Trinajstić information content (AvgIpc) is 2.95. The molecule has 0 radical (unpaired) electrons. The number of rotatable bonds is 2. The van der Waals surface area contributed by atoms with Crippen LogP contribution in [0.15, 0.2) is 12.1 Å². The van der Waals surface area contributed by atoms with Crippen LogP contribution in [0.4, 0.5) is 0 Å². The Hall–Kier alpha value is -0.710. The molecule has 3 rings (SSSR count). The van der Waals surface area contributed by atoms with Gasteiger partial charge in [-0.3, -0.25) is 0 Å². The molecule has 0 bridgehead atoms. The number of nitrogens with two attached hydrogens (primary N) is 1. The lowest BCUT2D eigenvalue weighted by Gasteiger charge is -2.15. The number of thiophene rings is 1. The second kappa shape index (κ2) is 4.52. The van der Waals surface area contributed by atoms with Gasteiger partial charge in [0.15, 0.2) is 0 Å². The summed E-state index contributed by atoms with van der Waals surface area (Å²) >= 11 is 3.65. The van der Waals surface area contributed by atoms with Crippen LogP contribution in [0.5, 0.6) is 0 Å². The number of aryl methyl sites for hydroxylation is 2. The number of aromatic nitrogens is 1. The van der Waals surface area contributed by atoms with Crippen molar-refractivity contribution >= 4 is 22.7 Å². The fourth-order valence-corrected chi connectivity index (χ4v) is 4.39. The Kier molecular flexibility index (Phi) is 3.03. The van der Waals surface area contributed by atoms with Crippen LogP contribution in [0.3, 0.4) is 0 Å². The highest BCUT2D eigenvalue weighted by atomic mass is 32.1. The summed E-state index contributed by atoms with van der Waals surface area (Å²) in [7, 11) is 0. The molecule has 2 aromatic rings. The molecular formula is C13H16N2S2. The van der Waals surface area contributed by atoms with Crippen LogP contribution in [0.2, 0.25) is 0 Å². The minimum absolute atomic E-state index is 0.218.